The van der Waals surface area contributed by atoms with Crippen LogP contribution in [-0.2, 0) is 0 Å². The molecule has 0 aliphatic heterocycles. The SMILES string of the molecule is CC([Se](Cl)(c1ccccc1)c1ccccc1)P(Cl)(c1ccccc1)(c1ccccc1)c1ccccc1. The second kappa shape index (κ2) is 10.2. The van der Waals surface area contributed by atoms with Crippen molar-refractivity contribution in [3.8, 4) is 0 Å². The number of hydrogen-bond acceptors (Lipinski definition) is 0. The molecule has 0 nitrogen and oxygen atoms in total. The molecular weight excluding hydrogens is 565 g/mol. The first kappa shape index (κ1) is 25.3. The van der Waals surface area contributed by atoms with Crippen LogP contribution < -0.4 is 24.8 Å². The zero-order valence-corrected chi connectivity index (χ0v) is 24.2. The Morgan fingerprint density at radius 2 is 0.722 bits per heavy atom. The Balaban J connectivity index is 1.96. The fourth-order valence-electron chi connectivity index (χ4n) is 5.28. The van der Waals surface area contributed by atoms with Crippen LogP contribution in [0, 0.1) is 0 Å². The monoisotopic (exact) mass is 594 g/mol. The van der Waals surface area contributed by atoms with Crippen LogP contribution in [0.1, 0.15) is 6.92 Å². The van der Waals surface area contributed by atoms with Crippen LogP contribution in [0.3, 0.4) is 0 Å². The van der Waals surface area contributed by atoms with Crippen molar-refractivity contribution in [1.29, 1.82) is 0 Å². The molecule has 0 fully saturated rings. The van der Waals surface area contributed by atoms with E-state index in [0.29, 0.717) is 0 Å². The van der Waals surface area contributed by atoms with E-state index in [9.17, 15) is 0 Å². The molecule has 36 heavy (non-hydrogen) atoms. The Kier molecular flexibility index (Phi) is 7.15. The number of halogens is 2. The summed E-state index contributed by atoms with van der Waals surface area (Å²) in [6.45, 7) is 2.31. The third kappa shape index (κ3) is 3.86. The second-order valence-corrected chi connectivity index (χ2v) is 24.7. The summed E-state index contributed by atoms with van der Waals surface area (Å²) in [6.07, 6.45) is 0. The Hall–Kier alpha value is -2.37. The van der Waals surface area contributed by atoms with Crippen LogP contribution >= 0.6 is 27.3 Å². The summed E-state index contributed by atoms with van der Waals surface area (Å²) in [7, 11) is 8.17. The molecule has 182 valence electrons. The Bertz CT molecular complexity index is 1270. The van der Waals surface area contributed by atoms with Crippen molar-refractivity contribution in [2.75, 3.05) is 0 Å². The molecule has 5 aromatic carbocycles. The fraction of sp³-hybridized carbons (Fsp3) is 0.0625. The zero-order valence-electron chi connectivity index (χ0n) is 20.1. The maximum absolute atomic E-state index is 8.59. The average Bonchev–Trinajstić information content (AvgIpc) is 2.98. The predicted octanol–water partition coefficient (Wildman–Crippen LogP) is 6.60. The Labute approximate surface area is 226 Å². The van der Waals surface area contributed by atoms with Gasteiger partial charge in [-0.3, -0.25) is 0 Å². The van der Waals surface area contributed by atoms with Gasteiger partial charge in [-0.2, -0.15) is 0 Å². The molecule has 0 radical (unpaired) electrons. The van der Waals surface area contributed by atoms with Crippen LogP contribution in [0.5, 0.6) is 0 Å². The predicted molar refractivity (Wildman–Crippen MR) is 164 cm³/mol. The standard InChI is InChI=1S/C32H29Cl2PSe/c1-27(36(34,31-23-13-5-14-24-31)32-25-15-6-16-26-32)35(33,28-17-7-2-8-18-28,29-19-9-3-10-20-29)30-21-11-4-12-22-30/h2-27H,1H3. The molecule has 5 aromatic rings. The Morgan fingerprint density at radius 1 is 0.472 bits per heavy atom. The van der Waals surface area contributed by atoms with Crippen LogP contribution in [-0.4, -0.2) is 16.5 Å². The molecule has 0 saturated heterocycles. The first-order chi connectivity index (χ1) is 17.5. The van der Waals surface area contributed by atoms with Crippen molar-refractivity contribution >= 4 is 64.1 Å². The van der Waals surface area contributed by atoms with E-state index in [0.717, 1.165) is 15.9 Å². The van der Waals surface area contributed by atoms with E-state index in [1.54, 1.807) is 0 Å². The van der Waals surface area contributed by atoms with Crippen LogP contribution in [0.15, 0.2) is 152 Å². The van der Waals surface area contributed by atoms with E-state index in [2.05, 4.69) is 159 Å². The van der Waals surface area contributed by atoms with Gasteiger partial charge in [-0.05, 0) is 0 Å². The maximum atomic E-state index is 8.59. The minimum absolute atomic E-state index is 0.0624. The molecule has 4 heteroatoms. The van der Waals surface area contributed by atoms with Gasteiger partial charge in [-0.1, -0.05) is 0 Å². The van der Waals surface area contributed by atoms with Gasteiger partial charge in [0.1, 0.15) is 0 Å². The molecule has 0 amide bonds. The zero-order chi connectivity index (χ0) is 25.1. The molecule has 1 unspecified atom stereocenters. The molecule has 5 rings (SSSR count). The van der Waals surface area contributed by atoms with Crippen molar-refractivity contribution in [1.82, 2.24) is 0 Å². The van der Waals surface area contributed by atoms with E-state index in [4.69, 9.17) is 21.3 Å². The topological polar surface area (TPSA) is 0 Å². The van der Waals surface area contributed by atoms with Crippen LogP contribution in [0.4, 0.5) is 0 Å². The van der Waals surface area contributed by atoms with Crippen LogP contribution in [0.2, 0.25) is 0 Å². The van der Waals surface area contributed by atoms with E-state index < -0.39 is 17.9 Å². The average molecular weight is 594 g/mol. The van der Waals surface area contributed by atoms with Crippen molar-refractivity contribution in [3.05, 3.63) is 152 Å². The van der Waals surface area contributed by atoms with E-state index >= 15 is 0 Å². The molecule has 0 heterocycles. The number of hydrogen-bond donors (Lipinski definition) is 0. The van der Waals surface area contributed by atoms with Gasteiger partial charge in [0, 0.05) is 0 Å². The third-order valence-electron chi connectivity index (χ3n) is 7.11. The minimum atomic E-state index is -3.65. The Morgan fingerprint density at radius 3 is 1.00 bits per heavy atom. The normalized spacial score (nSPS) is 14.4. The van der Waals surface area contributed by atoms with E-state index in [-0.39, 0.29) is 4.56 Å². The molecule has 1 atom stereocenters. The van der Waals surface area contributed by atoms with Crippen molar-refractivity contribution < 1.29 is 0 Å². The summed E-state index contributed by atoms with van der Waals surface area (Å²) < 4.78 is 2.31. The van der Waals surface area contributed by atoms with E-state index in [1.807, 2.05) is 0 Å². The van der Waals surface area contributed by atoms with Crippen LogP contribution in [0.25, 0.3) is 0 Å². The molecule has 0 aliphatic rings. The van der Waals surface area contributed by atoms with Gasteiger partial charge in [0.2, 0.25) is 0 Å². The van der Waals surface area contributed by atoms with Gasteiger partial charge in [-0.25, -0.2) is 0 Å². The van der Waals surface area contributed by atoms with Gasteiger partial charge in [0.05, 0.1) is 0 Å². The summed E-state index contributed by atoms with van der Waals surface area (Å²) in [6, 6.07) is 53.2. The molecular formula is C32H29Cl2PSe. The summed E-state index contributed by atoms with van der Waals surface area (Å²) in [5.41, 5.74) is 0. The van der Waals surface area contributed by atoms with Crippen molar-refractivity contribution in [3.63, 3.8) is 0 Å². The second-order valence-electron chi connectivity index (χ2n) is 8.89. The molecule has 0 aromatic heterocycles. The van der Waals surface area contributed by atoms with Gasteiger partial charge in [0.25, 0.3) is 0 Å². The van der Waals surface area contributed by atoms with Crippen molar-refractivity contribution in [2.24, 2.45) is 0 Å². The summed E-state index contributed by atoms with van der Waals surface area (Å²) in [5, 5.41) is 3.43. The molecule has 0 saturated carbocycles. The molecule has 0 N–H and O–H groups in total. The van der Waals surface area contributed by atoms with Crippen molar-refractivity contribution in [2.45, 2.75) is 11.5 Å². The first-order valence-corrected chi connectivity index (χ1v) is 20.2. The van der Waals surface area contributed by atoms with Gasteiger partial charge in [0.15, 0.2) is 0 Å². The molecule has 0 aliphatic carbocycles. The summed E-state index contributed by atoms with van der Waals surface area (Å²) in [5.74, 6) is -3.65. The number of benzene rings is 5. The summed E-state index contributed by atoms with van der Waals surface area (Å²) >= 11 is 5.37. The molecule has 0 spiro atoms. The van der Waals surface area contributed by atoms with Gasteiger partial charge >= 0.3 is 227 Å². The number of rotatable bonds is 7. The quantitative estimate of drug-likeness (QED) is 0.147. The fourth-order valence-corrected chi connectivity index (χ4v) is 28.8. The summed E-state index contributed by atoms with van der Waals surface area (Å²) in [4.78, 5) is 0. The molecule has 0 bridgehead atoms. The van der Waals surface area contributed by atoms with Gasteiger partial charge < -0.3 is 0 Å². The third-order valence-corrected chi connectivity index (χ3v) is 30.0. The van der Waals surface area contributed by atoms with E-state index in [1.165, 1.54) is 8.92 Å². The van der Waals surface area contributed by atoms with Gasteiger partial charge in [-0.15, -0.1) is 0 Å². The first-order valence-electron chi connectivity index (χ1n) is 12.0.